The molecule has 1 unspecified atom stereocenters. The third kappa shape index (κ3) is 3.68. The van der Waals surface area contributed by atoms with Gasteiger partial charge in [-0.3, -0.25) is 4.79 Å². The number of piperidine rings is 1. The average Bonchev–Trinajstić information content (AvgIpc) is 3.11. The fourth-order valence-corrected chi connectivity index (χ4v) is 3.72. The Labute approximate surface area is 150 Å². The molecule has 2 saturated heterocycles. The smallest absolute Gasteiger partial charge is 0.254 e. The molecule has 2 aliphatic heterocycles. The summed E-state index contributed by atoms with van der Waals surface area (Å²) in [5, 5.41) is 3.30. The van der Waals surface area contributed by atoms with Crippen LogP contribution in [0, 0.1) is 0 Å². The number of amides is 1. The second kappa shape index (κ2) is 8.19. The number of halogens is 1. The van der Waals surface area contributed by atoms with Gasteiger partial charge in [0.15, 0.2) is 0 Å². The zero-order chi connectivity index (χ0) is 16.3. The maximum absolute atomic E-state index is 13.0. The van der Waals surface area contributed by atoms with Gasteiger partial charge in [0.05, 0.1) is 7.11 Å². The lowest BCUT2D eigenvalue weighted by atomic mass is 9.90. The fraction of sp³-hybridized carbons (Fsp3) is 0.611. The van der Waals surface area contributed by atoms with Crippen molar-refractivity contribution in [2.75, 3.05) is 40.4 Å². The van der Waals surface area contributed by atoms with E-state index in [-0.39, 0.29) is 18.3 Å². The van der Waals surface area contributed by atoms with Crippen molar-refractivity contribution in [2.24, 2.45) is 0 Å². The van der Waals surface area contributed by atoms with Crippen LogP contribution in [-0.2, 0) is 9.53 Å². The Balaban J connectivity index is 0.00000208. The van der Waals surface area contributed by atoms with Crippen LogP contribution in [0.4, 0.5) is 0 Å². The predicted molar refractivity (Wildman–Crippen MR) is 96.0 cm³/mol. The van der Waals surface area contributed by atoms with Gasteiger partial charge >= 0.3 is 0 Å². The van der Waals surface area contributed by atoms with Gasteiger partial charge in [-0.25, -0.2) is 0 Å². The molecule has 1 amide bonds. The molecule has 6 heteroatoms. The Bertz CT molecular complexity index is 544. The quantitative estimate of drug-likeness (QED) is 0.900. The number of hydrogen-bond acceptors (Lipinski definition) is 4. The van der Waals surface area contributed by atoms with Crippen LogP contribution in [0.2, 0.25) is 0 Å². The number of hydrogen-bond donors (Lipinski definition) is 1. The Morgan fingerprint density at radius 2 is 1.88 bits per heavy atom. The van der Waals surface area contributed by atoms with Gasteiger partial charge in [0.25, 0.3) is 5.91 Å². The lowest BCUT2D eigenvalue weighted by Gasteiger charge is -2.37. The van der Waals surface area contributed by atoms with Gasteiger partial charge < -0.3 is 19.7 Å². The van der Waals surface area contributed by atoms with Crippen LogP contribution in [0.15, 0.2) is 24.3 Å². The average molecular weight is 355 g/mol. The first kappa shape index (κ1) is 19.0. The molecule has 0 spiro atoms. The molecule has 2 fully saturated rings. The number of carbonyl (C=O) groups excluding carboxylic acids is 1. The van der Waals surface area contributed by atoms with Crippen LogP contribution in [0.25, 0.3) is 0 Å². The summed E-state index contributed by atoms with van der Waals surface area (Å²) in [6.45, 7) is 3.28. The van der Waals surface area contributed by atoms with E-state index in [0.29, 0.717) is 5.92 Å². The molecule has 0 aromatic heterocycles. The minimum Gasteiger partial charge on any atom is -0.497 e. The second-order valence-corrected chi connectivity index (χ2v) is 6.46. The minimum absolute atomic E-state index is 0. The van der Waals surface area contributed by atoms with Crippen LogP contribution in [0.3, 0.4) is 0 Å². The Kier molecular flexibility index (Phi) is 6.49. The number of rotatable bonds is 4. The largest absolute Gasteiger partial charge is 0.497 e. The van der Waals surface area contributed by atoms with E-state index in [9.17, 15) is 4.79 Å². The van der Waals surface area contributed by atoms with Gasteiger partial charge in [0.2, 0.25) is 0 Å². The molecule has 24 heavy (non-hydrogen) atoms. The van der Waals surface area contributed by atoms with Gasteiger partial charge in [-0.05, 0) is 50.0 Å². The van der Waals surface area contributed by atoms with Gasteiger partial charge in [-0.1, -0.05) is 12.1 Å². The summed E-state index contributed by atoms with van der Waals surface area (Å²) in [5.74, 6) is 1.44. The summed E-state index contributed by atoms with van der Waals surface area (Å²) in [6.07, 6.45) is 2.52. The highest BCUT2D eigenvalue weighted by Crippen LogP contribution is 2.32. The third-order valence-electron chi connectivity index (χ3n) is 5.25. The molecule has 5 nitrogen and oxygen atoms in total. The minimum atomic E-state index is -0.625. The molecule has 0 aliphatic carbocycles. The van der Waals surface area contributed by atoms with Gasteiger partial charge in [0, 0.05) is 26.1 Å². The van der Waals surface area contributed by atoms with Crippen molar-refractivity contribution in [3.05, 3.63) is 29.8 Å². The SMILES string of the molecule is COc1ccc(C2CCN(C(=O)C3(OC)CCNCC3)C2)cc1.Cl. The molecule has 1 N–H and O–H groups in total. The number of likely N-dealkylation sites (tertiary alicyclic amines) is 1. The topological polar surface area (TPSA) is 50.8 Å². The summed E-state index contributed by atoms with van der Waals surface area (Å²) in [6, 6.07) is 8.19. The highest BCUT2D eigenvalue weighted by atomic mass is 35.5. The molecule has 0 radical (unpaired) electrons. The molecule has 2 aliphatic rings. The van der Waals surface area contributed by atoms with Crippen LogP contribution in [-0.4, -0.2) is 56.8 Å². The van der Waals surface area contributed by atoms with Crippen LogP contribution in [0.5, 0.6) is 5.75 Å². The molecule has 134 valence electrons. The first-order valence-electron chi connectivity index (χ1n) is 8.38. The number of benzene rings is 1. The van der Waals surface area contributed by atoms with Crippen molar-refractivity contribution >= 4 is 18.3 Å². The number of nitrogens with zero attached hydrogens (tertiary/aromatic N) is 1. The third-order valence-corrected chi connectivity index (χ3v) is 5.25. The monoisotopic (exact) mass is 354 g/mol. The van der Waals surface area contributed by atoms with Crippen molar-refractivity contribution in [1.82, 2.24) is 10.2 Å². The first-order valence-corrected chi connectivity index (χ1v) is 8.38. The number of ether oxygens (including phenoxy) is 2. The van der Waals surface area contributed by atoms with E-state index in [1.165, 1.54) is 5.56 Å². The molecule has 1 atom stereocenters. The summed E-state index contributed by atoms with van der Waals surface area (Å²) >= 11 is 0. The maximum atomic E-state index is 13.0. The summed E-state index contributed by atoms with van der Waals surface area (Å²) < 4.78 is 10.9. The molecule has 0 bridgehead atoms. The molecule has 1 aromatic rings. The van der Waals surface area contributed by atoms with Crippen LogP contribution >= 0.6 is 12.4 Å². The summed E-state index contributed by atoms with van der Waals surface area (Å²) in [7, 11) is 3.34. The van der Waals surface area contributed by atoms with E-state index in [2.05, 4.69) is 17.4 Å². The summed E-state index contributed by atoms with van der Waals surface area (Å²) in [4.78, 5) is 15.0. The number of methoxy groups -OCH3 is 2. The van der Waals surface area contributed by atoms with Crippen molar-refractivity contribution in [3.63, 3.8) is 0 Å². The van der Waals surface area contributed by atoms with Crippen molar-refractivity contribution in [2.45, 2.75) is 30.8 Å². The zero-order valence-corrected chi connectivity index (χ0v) is 15.2. The fourth-order valence-electron chi connectivity index (χ4n) is 3.72. The van der Waals surface area contributed by atoms with E-state index >= 15 is 0 Å². The highest BCUT2D eigenvalue weighted by Gasteiger charge is 2.44. The first-order chi connectivity index (χ1) is 11.2. The van der Waals surface area contributed by atoms with Crippen molar-refractivity contribution in [3.8, 4) is 5.75 Å². The Morgan fingerprint density at radius 3 is 2.46 bits per heavy atom. The zero-order valence-electron chi connectivity index (χ0n) is 14.4. The molecule has 0 saturated carbocycles. The van der Waals surface area contributed by atoms with E-state index in [0.717, 1.165) is 51.2 Å². The highest BCUT2D eigenvalue weighted by molar-refractivity contribution is 5.86. The second-order valence-electron chi connectivity index (χ2n) is 6.46. The van der Waals surface area contributed by atoms with Crippen LogP contribution in [0.1, 0.15) is 30.7 Å². The Morgan fingerprint density at radius 1 is 1.21 bits per heavy atom. The van der Waals surface area contributed by atoms with Gasteiger partial charge in [-0.2, -0.15) is 0 Å². The molecular weight excluding hydrogens is 328 g/mol. The molecular formula is C18H27ClN2O3. The van der Waals surface area contributed by atoms with E-state index < -0.39 is 5.60 Å². The number of carbonyl (C=O) groups is 1. The molecule has 1 aromatic carbocycles. The van der Waals surface area contributed by atoms with Gasteiger partial charge in [-0.15, -0.1) is 12.4 Å². The van der Waals surface area contributed by atoms with E-state index in [1.54, 1.807) is 14.2 Å². The maximum Gasteiger partial charge on any atom is 0.254 e. The molecule has 3 rings (SSSR count). The lowest BCUT2D eigenvalue weighted by molar-refractivity contribution is -0.157. The predicted octanol–water partition coefficient (Wildman–Crippen LogP) is 2.20. The van der Waals surface area contributed by atoms with Gasteiger partial charge in [0.1, 0.15) is 11.4 Å². The van der Waals surface area contributed by atoms with Crippen molar-refractivity contribution in [1.29, 1.82) is 0 Å². The normalized spacial score (nSPS) is 22.8. The summed E-state index contributed by atoms with van der Waals surface area (Å²) in [5.41, 5.74) is 0.651. The molecule has 2 heterocycles. The lowest BCUT2D eigenvalue weighted by Crippen LogP contribution is -2.54. The number of nitrogens with one attached hydrogen (secondary N) is 1. The van der Waals surface area contributed by atoms with Crippen molar-refractivity contribution < 1.29 is 14.3 Å². The van der Waals surface area contributed by atoms with Crippen LogP contribution < -0.4 is 10.1 Å². The Hall–Kier alpha value is -1.30. The van der Waals surface area contributed by atoms with E-state index in [1.807, 2.05) is 17.0 Å². The van der Waals surface area contributed by atoms with E-state index in [4.69, 9.17) is 9.47 Å². The standard InChI is InChI=1S/C18H26N2O3.ClH/c1-22-16-5-3-14(4-6-16)15-7-12-20(13-15)17(21)18(23-2)8-10-19-11-9-18;/h3-6,15,19H,7-13H2,1-2H3;1H.